The summed E-state index contributed by atoms with van der Waals surface area (Å²) in [6, 6.07) is -0.223. The van der Waals surface area contributed by atoms with E-state index < -0.39 is 11.3 Å². The minimum absolute atomic E-state index is 0.0979. The third kappa shape index (κ3) is 3.36. The fourth-order valence-electron chi connectivity index (χ4n) is 2.09. The van der Waals surface area contributed by atoms with Gasteiger partial charge in [-0.05, 0) is 41.0 Å². The number of hydrogen-bond acceptors (Lipinski definition) is 4. The van der Waals surface area contributed by atoms with Gasteiger partial charge in [-0.15, -0.1) is 0 Å². The van der Waals surface area contributed by atoms with E-state index in [0.29, 0.717) is 6.61 Å². The monoisotopic (exact) mass is 258 g/mol. The third-order valence-corrected chi connectivity index (χ3v) is 3.07. The summed E-state index contributed by atoms with van der Waals surface area (Å²) in [7, 11) is 0. The Morgan fingerprint density at radius 2 is 2.11 bits per heavy atom. The van der Waals surface area contributed by atoms with Crippen LogP contribution >= 0.6 is 0 Å². The van der Waals surface area contributed by atoms with Crippen LogP contribution in [0.2, 0.25) is 0 Å². The maximum atomic E-state index is 12.3. The van der Waals surface area contributed by atoms with Crippen molar-refractivity contribution in [2.24, 2.45) is 5.73 Å². The lowest BCUT2D eigenvalue weighted by atomic mass is 10.1. The van der Waals surface area contributed by atoms with Gasteiger partial charge in [-0.1, -0.05) is 6.92 Å². The molecule has 1 amide bonds. The molecule has 18 heavy (non-hydrogen) atoms. The van der Waals surface area contributed by atoms with Crippen molar-refractivity contribution < 1.29 is 14.3 Å². The third-order valence-electron chi connectivity index (χ3n) is 3.07. The Labute approximate surface area is 110 Å². The van der Waals surface area contributed by atoms with Gasteiger partial charge in [0.15, 0.2) is 0 Å². The Balaban J connectivity index is 2.88. The Bertz CT molecular complexity index is 310. The zero-order valence-electron chi connectivity index (χ0n) is 12.3. The van der Waals surface area contributed by atoms with Crippen molar-refractivity contribution in [3.05, 3.63) is 0 Å². The highest BCUT2D eigenvalue weighted by Crippen LogP contribution is 2.30. The van der Waals surface area contributed by atoms with Gasteiger partial charge in [0.1, 0.15) is 11.3 Å². The molecule has 1 aliphatic rings. The van der Waals surface area contributed by atoms with Crippen LogP contribution in [0.25, 0.3) is 0 Å². The van der Waals surface area contributed by atoms with Gasteiger partial charge in [-0.2, -0.15) is 0 Å². The molecule has 0 spiro atoms. The molecular weight excluding hydrogens is 232 g/mol. The lowest BCUT2D eigenvalue weighted by Crippen LogP contribution is -2.55. The average molecular weight is 258 g/mol. The van der Waals surface area contributed by atoms with E-state index in [9.17, 15) is 4.79 Å². The first-order valence-corrected chi connectivity index (χ1v) is 6.50. The minimum Gasteiger partial charge on any atom is -0.444 e. The fourth-order valence-corrected chi connectivity index (χ4v) is 2.09. The van der Waals surface area contributed by atoms with Crippen LogP contribution in [0.4, 0.5) is 4.79 Å². The standard InChI is InChI=1S/C13H26N2O3/c1-7-9(14)10-8-17-13(5,6)15(10)11(16)18-12(2,3)4/h9-10H,7-8,14H2,1-6H3/t9-,10-/m0/s1. The number of carbonyl (C=O) groups excluding carboxylic acids is 1. The second-order valence-corrected chi connectivity index (χ2v) is 6.25. The summed E-state index contributed by atoms with van der Waals surface area (Å²) >= 11 is 0. The van der Waals surface area contributed by atoms with Gasteiger partial charge in [-0.25, -0.2) is 4.79 Å². The van der Waals surface area contributed by atoms with Crippen molar-refractivity contribution >= 4 is 6.09 Å². The van der Waals surface area contributed by atoms with Crippen molar-refractivity contribution in [1.82, 2.24) is 4.90 Å². The van der Waals surface area contributed by atoms with Gasteiger partial charge in [0, 0.05) is 6.04 Å². The smallest absolute Gasteiger partial charge is 0.412 e. The van der Waals surface area contributed by atoms with E-state index in [-0.39, 0.29) is 18.2 Å². The Morgan fingerprint density at radius 3 is 2.56 bits per heavy atom. The number of hydrogen-bond donors (Lipinski definition) is 1. The molecule has 0 saturated carbocycles. The SMILES string of the molecule is CC[C@H](N)[C@@H]1COC(C)(C)N1C(=O)OC(C)(C)C. The van der Waals surface area contributed by atoms with Crippen LogP contribution < -0.4 is 5.73 Å². The van der Waals surface area contributed by atoms with Gasteiger partial charge in [-0.3, -0.25) is 4.90 Å². The average Bonchev–Trinajstić information content (AvgIpc) is 2.50. The van der Waals surface area contributed by atoms with Crippen LogP contribution in [0.15, 0.2) is 0 Å². The molecule has 0 radical (unpaired) electrons. The summed E-state index contributed by atoms with van der Waals surface area (Å²) in [6.07, 6.45) is 0.433. The molecule has 2 atom stereocenters. The lowest BCUT2D eigenvalue weighted by molar-refractivity contribution is -0.0632. The molecule has 1 aliphatic heterocycles. The highest BCUT2D eigenvalue weighted by atomic mass is 16.6. The molecule has 1 fully saturated rings. The van der Waals surface area contributed by atoms with Gasteiger partial charge in [0.25, 0.3) is 0 Å². The maximum absolute atomic E-state index is 12.3. The molecule has 2 N–H and O–H groups in total. The van der Waals surface area contributed by atoms with Crippen molar-refractivity contribution in [3.8, 4) is 0 Å². The summed E-state index contributed by atoms with van der Waals surface area (Å²) in [6.45, 7) is 11.7. The number of carbonyl (C=O) groups is 1. The number of ether oxygens (including phenoxy) is 2. The second-order valence-electron chi connectivity index (χ2n) is 6.25. The molecule has 1 rings (SSSR count). The highest BCUT2D eigenvalue weighted by molar-refractivity contribution is 5.70. The normalized spacial score (nSPS) is 25.1. The minimum atomic E-state index is -0.667. The van der Waals surface area contributed by atoms with Crippen molar-refractivity contribution in [1.29, 1.82) is 0 Å². The van der Waals surface area contributed by atoms with Crippen molar-refractivity contribution in [2.45, 2.75) is 71.4 Å². The first-order valence-electron chi connectivity index (χ1n) is 6.50. The summed E-state index contributed by atoms with van der Waals surface area (Å²) in [4.78, 5) is 13.9. The van der Waals surface area contributed by atoms with E-state index in [2.05, 4.69) is 0 Å². The van der Waals surface area contributed by atoms with Crippen LogP contribution in [0.1, 0.15) is 48.0 Å². The van der Waals surface area contributed by atoms with Gasteiger partial charge < -0.3 is 15.2 Å². The Kier molecular flexibility index (Phi) is 4.28. The number of nitrogens with zero attached hydrogens (tertiary/aromatic N) is 1. The molecule has 0 aromatic rings. The Hall–Kier alpha value is -0.810. The highest BCUT2D eigenvalue weighted by Gasteiger charge is 2.47. The van der Waals surface area contributed by atoms with E-state index in [4.69, 9.17) is 15.2 Å². The largest absolute Gasteiger partial charge is 0.444 e. The molecule has 0 bridgehead atoms. The quantitative estimate of drug-likeness (QED) is 0.823. The lowest BCUT2D eigenvalue weighted by Gasteiger charge is -2.36. The van der Waals surface area contributed by atoms with Crippen molar-refractivity contribution in [3.63, 3.8) is 0 Å². The van der Waals surface area contributed by atoms with E-state index in [1.54, 1.807) is 4.90 Å². The topological polar surface area (TPSA) is 64.8 Å². The maximum Gasteiger partial charge on any atom is 0.412 e. The number of nitrogens with two attached hydrogens (primary N) is 1. The predicted molar refractivity (Wildman–Crippen MR) is 70.2 cm³/mol. The molecule has 5 nitrogen and oxygen atoms in total. The molecule has 5 heteroatoms. The summed E-state index contributed by atoms with van der Waals surface area (Å²) in [5.74, 6) is 0. The molecule has 0 unspecified atom stereocenters. The molecule has 0 aromatic carbocycles. The van der Waals surface area contributed by atoms with Gasteiger partial charge >= 0.3 is 6.09 Å². The van der Waals surface area contributed by atoms with Crippen molar-refractivity contribution in [2.75, 3.05) is 6.61 Å². The Morgan fingerprint density at radius 1 is 1.56 bits per heavy atom. The molecular formula is C13H26N2O3. The summed E-state index contributed by atoms with van der Waals surface area (Å²) in [5, 5.41) is 0. The molecule has 0 aromatic heterocycles. The zero-order chi connectivity index (χ0) is 14.1. The summed E-state index contributed by atoms with van der Waals surface area (Å²) in [5.41, 5.74) is 4.88. The molecule has 1 saturated heterocycles. The fraction of sp³-hybridized carbons (Fsp3) is 0.923. The summed E-state index contributed by atoms with van der Waals surface area (Å²) < 4.78 is 11.1. The molecule has 1 heterocycles. The van der Waals surface area contributed by atoms with E-state index in [0.717, 1.165) is 6.42 Å². The second kappa shape index (κ2) is 5.05. The van der Waals surface area contributed by atoms with Crippen LogP contribution in [0, 0.1) is 0 Å². The van der Waals surface area contributed by atoms with E-state index >= 15 is 0 Å². The van der Waals surface area contributed by atoms with E-state index in [1.807, 2.05) is 41.5 Å². The van der Waals surface area contributed by atoms with Crippen LogP contribution in [0.5, 0.6) is 0 Å². The van der Waals surface area contributed by atoms with Crippen LogP contribution in [-0.2, 0) is 9.47 Å². The molecule has 106 valence electrons. The first-order chi connectivity index (χ1) is 8.08. The predicted octanol–water partition coefficient (Wildman–Crippen LogP) is 2.10. The first kappa shape index (κ1) is 15.2. The van der Waals surface area contributed by atoms with Gasteiger partial charge in [0.2, 0.25) is 0 Å². The molecule has 0 aliphatic carbocycles. The van der Waals surface area contributed by atoms with E-state index in [1.165, 1.54) is 0 Å². The van der Waals surface area contributed by atoms with Crippen LogP contribution in [0.3, 0.4) is 0 Å². The number of rotatable bonds is 2. The number of amides is 1. The van der Waals surface area contributed by atoms with Crippen LogP contribution in [-0.4, -0.2) is 41.0 Å². The zero-order valence-corrected chi connectivity index (χ0v) is 12.3. The van der Waals surface area contributed by atoms with Gasteiger partial charge in [0.05, 0.1) is 12.6 Å².